The number of H-pyrrole nitrogens is 1. The Hall–Kier alpha value is -1.36. The van der Waals surface area contributed by atoms with Crippen LogP contribution in [0, 0.1) is 13.8 Å². The highest BCUT2D eigenvalue weighted by Crippen LogP contribution is 2.21. The first kappa shape index (κ1) is 13.1. The molecule has 100 valence electrons. The molecule has 1 fully saturated rings. The first-order chi connectivity index (χ1) is 8.50. The summed E-state index contributed by atoms with van der Waals surface area (Å²) in [4.78, 5) is 12.3. The van der Waals surface area contributed by atoms with Crippen LogP contribution in [0.5, 0.6) is 0 Å². The number of amides is 1. The molecule has 1 aliphatic rings. The Labute approximate surface area is 108 Å². The Morgan fingerprint density at radius 1 is 1.33 bits per heavy atom. The highest BCUT2D eigenvalue weighted by Gasteiger charge is 2.27. The van der Waals surface area contributed by atoms with Crippen LogP contribution in [0.25, 0.3) is 0 Å². The average molecular weight is 250 g/mol. The van der Waals surface area contributed by atoms with Crippen LogP contribution in [0.4, 0.5) is 0 Å². The molecule has 5 heteroatoms. The van der Waals surface area contributed by atoms with Crippen molar-refractivity contribution in [1.82, 2.24) is 20.6 Å². The molecule has 1 amide bonds. The zero-order chi connectivity index (χ0) is 13.3. The Morgan fingerprint density at radius 3 is 2.44 bits per heavy atom. The van der Waals surface area contributed by atoms with Crippen molar-refractivity contribution in [3.05, 3.63) is 17.0 Å². The molecule has 2 rings (SSSR count). The summed E-state index contributed by atoms with van der Waals surface area (Å²) in [6.45, 7) is 8.04. The van der Waals surface area contributed by atoms with E-state index in [0.717, 1.165) is 24.2 Å². The van der Waals surface area contributed by atoms with Crippen LogP contribution < -0.4 is 5.43 Å². The van der Waals surface area contributed by atoms with Crippen LogP contribution in [0.2, 0.25) is 0 Å². The molecule has 5 nitrogen and oxygen atoms in total. The summed E-state index contributed by atoms with van der Waals surface area (Å²) >= 11 is 0. The lowest BCUT2D eigenvalue weighted by Gasteiger charge is -2.38. The van der Waals surface area contributed by atoms with Crippen molar-refractivity contribution >= 4 is 5.91 Å². The SMILES string of the molecule is Cc1n[nH]c(C)c1C(=O)NN1C(C)CCCC1C. The van der Waals surface area contributed by atoms with E-state index in [1.54, 1.807) is 0 Å². The van der Waals surface area contributed by atoms with Crippen LogP contribution in [-0.4, -0.2) is 33.2 Å². The minimum atomic E-state index is -0.0562. The maximum Gasteiger partial charge on any atom is 0.269 e. The van der Waals surface area contributed by atoms with Gasteiger partial charge in [-0.2, -0.15) is 5.10 Å². The summed E-state index contributed by atoms with van der Waals surface area (Å²) in [7, 11) is 0. The van der Waals surface area contributed by atoms with E-state index >= 15 is 0 Å². The molecule has 2 atom stereocenters. The Kier molecular flexibility index (Phi) is 3.71. The van der Waals surface area contributed by atoms with E-state index in [9.17, 15) is 4.79 Å². The summed E-state index contributed by atoms with van der Waals surface area (Å²) in [5.41, 5.74) is 5.28. The zero-order valence-electron chi connectivity index (χ0n) is 11.6. The quantitative estimate of drug-likeness (QED) is 0.843. The topological polar surface area (TPSA) is 61.0 Å². The standard InChI is InChI=1S/C13H22N4O/c1-8-6-5-7-9(2)17(8)16-13(18)12-10(3)14-15-11(12)4/h8-9H,5-7H2,1-4H3,(H,14,15)(H,16,18). The highest BCUT2D eigenvalue weighted by atomic mass is 16.2. The monoisotopic (exact) mass is 250 g/mol. The van der Waals surface area contributed by atoms with E-state index in [-0.39, 0.29) is 5.91 Å². The van der Waals surface area contributed by atoms with Gasteiger partial charge in [0.05, 0.1) is 11.3 Å². The molecule has 2 N–H and O–H groups in total. The summed E-state index contributed by atoms with van der Waals surface area (Å²) in [5, 5.41) is 8.99. The number of nitrogens with zero attached hydrogens (tertiary/aromatic N) is 2. The molecular formula is C13H22N4O. The molecule has 0 aromatic carbocycles. The third-order valence-electron chi connectivity index (χ3n) is 3.78. The predicted molar refractivity (Wildman–Crippen MR) is 70.1 cm³/mol. The largest absolute Gasteiger partial charge is 0.284 e. The van der Waals surface area contributed by atoms with E-state index < -0.39 is 0 Å². The molecule has 0 spiro atoms. The molecule has 1 saturated heterocycles. The number of hydrogen-bond donors (Lipinski definition) is 2. The van der Waals surface area contributed by atoms with Crippen molar-refractivity contribution in [2.45, 2.75) is 59.0 Å². The Bertz CT molecular complexity index is 411. The van der Waals surface area contributed by atoms with Gasteiger partial charge in [0, 0.05) is 17.8 Å². The molecule has 2 heterocycles. The first-order valence-electron chi connectivity index (χ1n) is 6.61. The van der Waals surface area contributed by atoms with Crippen molar-refractivity contribution in [3.63, 3.8) is 0 Å². The van der Waals surface area contributed by atoms with Crippen molar-refractivity contribution in [3.8, 4) is 0 Å². The fourth-order valence-electron chi connectivity index (χ4n) is 2.70. The second kappa shape index (κ2) is 5.10. The number of carbonyl (C=O) groups is 1. The summed E-state index contributed by atoms with van der Waals surface area (Å²) in [6, 6.07) is 0.787. The Morgan fingerprint density at radius 2 is 1.94 bits per heavy atom. The maximum absolute atomic E-state index is 12.3. The van der Waals surface area contributed by atoms with Crippen molar-refractivity contribution in [1.29, 1.82) is 0 Å². The molecule has 1 aliphatic heterocycles. The fraction of sp³-hybridized carbons (Fsp3) is 0.692. The minimum absolute atomic E-state index is 0.0562. The molecule has 0 saturated carbocycles. The number of piperidine rings is 1. The minimum Gasteiger partial charge on any atom is -0.284 e. The smallest absolute Gasteiger partial charge is 0.269 e. The molecular weight excluding hydrogens is 228 g/mol. The molecule has 2 unspecified atom stereocenters. The molecule has 0 radical (unpaired) electrons. The molecule has 1 aromatic rings. The van der Waals surface area contributed by atoms with Crippen LogP contribution in [0.3, 0.4) is 0 Å². The number of nitrogens with one attached hydrogen (secondary N) is 2. The predicted octanol–water partition coefficient (Wildman–Crippen LogP) is 1.93. The van der Waals surface area contributed by atoms with Crippen LogP contribution >= 0.6 is 0 Å². The lowest BCUT2D eigenvalue weighted by atomic mass is 10.00. The van der Waals surface area contributed by atoms with Gasteiger partial charge in [0.15, 0.2) is 0 Å². The van der Waals surface area contributed by atoms with Gasteiger partial charge in [0.25, 0.3) is 5.91 Å². The van der Waals surface area contributed by atoms with Gasteiger partial charge in [-0.1, -0.05) is 6.42 Å². The van der Waals surface area contributed by atoms with E-state index in [1.807, 2.05) is 13.8 Å². The molecule has 18 heavy (non-hydrogen) atoms. The van der Waals surface area contributed by atoms with Gasteiger partial charge in [-0.05, 0) is 40.5 Å². The van der Waals surface area contributed by atoms with Gasteiger partial charge >= 0.3 is 0 Å². The number of aryl methyl sites for hydroxylation is 2. The zero-order valence-corrected chi connectivity index (χ0v) is 11.6. The van der Waals surface area contributed by atoms with Gasteiger partial charge in [-0.3, -0.25) is 15.3 Å². The normalized spacial score (nSPS) is 25.1. The second-order valence-electron chi connectivity index (χ2n) is 5.29. The van der Waals surface area contributed by atoms with Gasteiger partial charge < -0.3 is 0 Å². The van der Waals surface area contributed by atoms with Crippen molar-refractivity contribution < 1.29 is 4.79 Å². The number of aromatic nitrogens is 2. The average Bonchev–Trinajstić information content (AvgIpc) is 2.64. The van der Waals surface area contributed by atoms with E-state index in [0.29, 0.717) is 17.6 Å². The van der Waals surface area contributed by atoms with Crippen LogP contribution in [-0.2, 0) is 0 Å². The van der Waals surface area contributed by atoms with Crippen LogP contribution in [0.15, 0.2) is 0 Å². The summed E-state index contributed by atoms with van der Waals surface area (Å²) in [5.74, 6) is -0.0562. The summed E-state index contributed by atoms with van der Waals surface area (Å²) in [6.07, 6.45) is 3.50. The van der Waals surface area contributed by atoms with Crippen molar-refractivity contribution in [2.75, 3.05) is 0 Å². The van der Waals surface area contributed by atoms with E-state index in [1.165, 1.54) is 6.42 Å². The van der Waals surface area contributed by atoms with Gasteiger partial charge in [-0.15, -0.1) is 0 Å². The Balaban J connectivity index is 2.11. The molecule has 0 aliphatic carbocycles. The summed E-state index contributed by atoms with van der Waals surface area (Å²) < 4.78 is 0. The second-order valence-corrected chi connectivity index (χ2v) is 5.29. The maximum atomic E-state index is 12.3. The highest BCUT2D eigenvalue weighted by molar-refractivity contribution is 5.96. The lowest BCUT2D eigenvalue weighted by molar-refractivity contribution is 0.0369. The number of carbonyl (C=O) groups excluding carboxylic acids is 1. The van der Waals surface area contributed by atoms with Crippen molar-refractivity contribution in [2.24, 2.45) is 0 Å². The van der Waals surface area contributed by atoms with E-state index in [4.69, 9.17) is 0 Å². The number of rotatable bonds is 2. The molecule has 0 bridgehead atoms. The van der Waals surface area contributed by atoms with E-state index in [2.05, 4.69) is 34.5 Å². The number of aromatic amines is 1. The number of hydrogen-bond acceptors (Lipinski definition) is 3. The third kappa shape index (κ3) is 2.41. The molecule has 1 aromatic heterocycles. The lowest BCUT2D eigenvalue weighted by Crippen LogP contribution is -2.54. The van der Waals surface area contributed by atoms with Gasteiger partial charge in [0.2, 0.25) is 0 Å². The van der Waals surface area contributed by atoms with Gasteiger partial charge in [0.1, 0.15) is 0 Å². The van der Waals surface area contributed by atoms with Crippen LogP contribution in [0.1, 0.15) is 54.9 Å². The first-order valence-corrected chi connectivity index (χ1v) is 6.61. The number of hydrazine groups is 1. The van der Waals surface area contributed by atoms with Gasteiger partial charge in [-0.25, -0.2) is 5.01 Å². The third-order valence-corrected chi connectivity index (χ3v) is 3.78. The fourth-order valence-corrected chi connectivity index (χ4v) is 2.70.